The monoisotopic (exact) mass is 483 g/mol. The molecule has 0 bridgehead atoms. The second-order valence-electron chi connectivity index (χ2n) is 9.89. The molecule has 1 N–H and O–H groups in total. The van der Waals surface area contributed by atoms with Crippen LogP contribution in [0.5, 0.6) is 0 Å². The van der Waals surface area contributed by atoms with Crippen molar-refractivity contribution < 1.29 is 13.2 Å². The Bertz CT molecular complexity index is 1090. The normalized spacial score (nSPS) is 18.3. The van der Waals surface area contributed by atoms with Gasteiger partial charge in [0.2, 0.25) is 15.9 Å². The molecule has 34 heavy (non-hydrogen) atoms. The molecule has 2 aliphatic heterocycles. The van der Waals surface area contributed by atoms with Gasteiger partial charge < -0.3 is 10.2 Å². The average molecular weight is 484 g/mol. The van der Waals surface area contributed by atoms with E-state index in [2.05, 4.69) is 22.3 Å². The number of benzene rings is 2. The Morgan fingerprint density at radius 1 is 0.941 bits per heavy atom. The molecule has 6 nitrogen and oxygen atoms in total. The van der Waals surface area contributed by atoms with Crippen LogP contribution >= 0.6 is 0 Å². The molecule has 184 valence electrons. The van der Waals surface area contributed by atoms with Crippen molar-refractivity contribution in [1.29, 1.82) is 0 Å². The van der Waals surface area contributed by atoms with Gasteiger partial charge in [-0.05, 0) is 94.8 Å². The highest BCUT2D eigenvalue weighted by molar-refractivity contribution is 7.89. The van der Waals surface area contributed by atoms with E-state index in [9.17, 15) is 13.2 Å². The summed E-state index contributed by atoms with van der Waals surface area (Å²) < 4.78 is 28.1. The molecule has 1 amide bonds. The van der Waals surface area contributed by atoms with Crippen LogP contribution in [-0.4, -0.2) is 56.3 Å². The fourth-order valence-electron chi connectivity index (χ4n) is 5.35. The summed E-state index contributed by atoms with van der Waals surface area (Å²) in [5.41, 5.74) is 4.70. The summed E-state index contributed by atoms with van der Waals surface area (Å²) in [7, 11) is -3.57. The third kappa shape index (κ3) is 5.70. The second-order valence-corrected chi connectivity index (χ2v) is 11.8. The lowest BCUT2D eigenvalue weighted by molar-refractivity contribution is -0.120. The van der Waals surface area contributed by atoms with Crippen LogP contribution in [0.2, 0.25) is 0 Å². The van der Waals surface area contributed by atoms with Gasteiger partial charge in [0.15, 0.2) is 0 Å². The Morgan fingerprint density at radius 2 is 1.53 bits per heavy atom. The van der Waals surface area contributed by atoms with E-state index in [0.29, 0.717) is 30.8 Å². The molecule has 2 aliphatic rings. The molecular formula is C27H37N3O3S. The van der Waals surface area contributed by atoms with E-state index in [4.69, 9.17) is 0 Å². The molecule has 2 saturated heterocycles. The van der Waals surface area contributed by atoms with E-state index in [1.807, 2.05) is 45.0 Å². The number of nitrogens with zero attached hydrogens (tertiary/aromatic N) is 2. The maximum absolute atomic E-state index is 13.3. The first-order chi connectivity index (χ1) is 16.2. The van der Waals surface area contributed by atoms with Crippen LogP contribution in [0, 0.1) is 26.7 Å². The Labute approximate surface area is 204 Å². The van der Waals surface area contributed by atoms with Crippen LogP contribution in [0.4, 0.5) is 5.69 Å². The number of nitrogens with one attached hydrogen (secondary N) is 1. The predicted octanol–water partition coefficient (Wildman–Crippen LogP) is 4.29. The maximum atomic E-state index is 13.3. The summed E-state index contributed by atoms with van der Waals surface area (Å²) in [6, 6.07) is 12.0. The van der Waals surface area contributed by atoms with Gasteiger partial charge in [-0.3, -0.25) is 4.79 Å². The molecule has 0 spiro atoms. The average Bonchev–Trinajstić information content (AvgIpc) is 3.31. The number of hydrogen-bond acceptors (Lipinski definition) is 4. The van der Waals surface area contributed by atoms with Crippen molar-refractivity contribution in [2.45, 2.75) is 57.8 Å². The molecule has 0 atom stereocenters. The van der Waals surface area contributed by atoms with Crippen molar-refractivity contribution in [1.82, 2.24) is 9.21 Å². The van der Waals surface area contributed by atoms with Crippen molar-refractivity contribution in [2.24, 2.45) is 5.92 Å². The largest absolute Gasteiger partial charge is 0.326 e. The Balaban J connectivity index is 1.30. The van der Waals surface area contributed by atoms with Crippen molar-refractivity contribution in [3.05, 3.63) is 58.7 Å². The van der Waals surface area contributed by atoms with Gasteiger partial charge in [0.05, 0.1) is 4.90 Å². The van der Waals surface area contributed by atoms with Gasteiger partial charge in [0.25, 0.3) is 0 Å². The standard InChI is InChI=1S/C27H37N3O3S/c1-20-18-21(2)26(22(3)19-20)34(32,33)30-16-11-24(12-17-30)27(31)28-25-8-6-23(7-9-25)10-15-29-13-4-5-14-29/h6-9,18-19,24H,4-5,10-17H2,1-3H3,(H,28,31). The van der Waals surface area contributed by atoms with Crippen LogP contribution in [0.25, 0.3) is 0 Å². The van der Waals surface area contributed by atoms with E-state index < -0.39 is 10.0 Å². The van der Waals surface area contributed by atoms with Crippen LogP contribution in [-0.2, 0) is 21.2 Å². The number of anilines is 1. The number of rotatable bonds is 7. The summed E-state index contributed by atoms with van der Waals surface area (Å²) in [4.78, 5) is 15.8. The first kappa shape index (κ1) is 24.9. The quantitative estimate of drug-likeness (QED) is 0.638. The Hall–Kier alpha value is -2.22. The first-order valence-corrected chi connectivity index (χ1v) is 13.9. The molecule has 2 heterocycles. The van der Waals surface area contributed by atoms with Crippen LogP contribution < -0.4 is 5.32 Å². The Morgan fingerprint density at radius 3 is 2.12 bits per heavy atom. The predicted molar refractivity (Wildman–Crippen MR) is 137 cm³/mol. The van der Waals surface area contributed by atoms with Gasteiger partial charge >= 0.3 is 0 Å². The summed E-state index contributed by atoms with van der Waals surface area (Å²) in [5, 5.41) is 3.03. The topological polar surface area (TPSA) is 69.7 Å². The minimum atomic E-state index is -3.57. The lowest BCUT2D eigenvalue weighted by Gasteiger charge is -2.31. The number of piperidine rings is 1. The molecule has 0 aliphatic carbocycles. The number of aryl methyl sites for hydroxylation is 3. The zero-order valence-electron chi connectivity index (χ0n) is 20.6. The van der Waals surface area contributed by atoms with Crippen molar-refractivity contribution in [3.63, 3.8) is 0 Å². The van der Waals surface area contributed by atoms with E-state index in [1.165, 1.54) is 35.8 Å². The number of likely N-dealkylation sites (tertiary alicyclic amines) is 1. The minimum absolute atomic E-state index is 0.0236. The van der Waals surface area contributed by atoms with Crippen molar-refractivity contribution >= 4 is 21.6 Å². The van der Waals surface area contributed by atoms with Crippen molar-refractivity contribution in [2.75, 3.05) is 38.0 Å². The van der Waals surface area contributed by atoms with Gasteiger partial charge in [0, 0.05) is 31.2 Å². The number of hydrogen-bond donors (Lipinski definition) is 1. The van der Waals surface area contributed by atoms with E-state index >= 15 is 0 Å². The lowest BCUT2D eigenvalue weighted by atomic mass is 9.97. The SMILES string of the molecule is Cc1cc(C)c(S(=O)(=O)N2CCC(C(=O)Nc3ccc(CCN4CCCC4)cc3)CC2)c(C)c1. The van der Waals surface area contributed by atoms with Gasteiger partial charge in [-0.15, -0.1) is 0 Å². The lowest BCUT2D eigenvalue weighted by Crippen LogP contribution is -2.41. The molecule has 0 radical (unpaired) electrons. The zero-order valence-corrected chi connectivity index (χ0v) is 21.5. The number of amides is 1. The number of carbonyl (C=O) groups excluding carboxylic acids is 1. The molecule has 7 heteroatoms. The molecule has 2 aromatic rings. The molecule has 0 aromatic heterocycles. The summed E-state index contributed by atoms with van der Waals surface area (Å²) in [6.07, 6.45) is 4.70. The molecule has 2 aromatic carbocycles. The summed E-state index contributed by atoms with van der Waals surface area (Å²) in [5.74, 6) is -0.203. The Kier molecular flexibility index (Phi) is 7.75. The van der Waals surface area contributed by atoms with E-state index in [1.54, 1.807) is 0 Å². The van der Waals surface area contributed by atoms with Crippen LogP contribution in [0.3, 0.4) is 0 Å². The van der Waals surface area contributed by atoms with Gasteiger partial charge in [-0.1, -0.05) is 29.8 Å². The van der Waals surface area contributed by atoms with Crippen LogP contribution in [0.15, 0.2) is 41.3 Å². The highest BCUT2D eigenvalue weighted by atomic mass is 32.2. The third-order valence-electron chi connectivity index (χ3n) is 7.16. The summed E-state index contributed by atoms with van der Waals surface area (Å²) in [6.45, 7) is 9.91. The zero-order chi connectivity index (χ0) is 24.3. The highest BCUT2D eigenvalue weighted by Gasteiger charge is 2.33. The van der Waals surface area contributed by atoms with E-state index in [0.717, 1.165) is 35.3 Å². The molecule has 0 saturated carbocycles. The maximum Gasteiger partial charge on any atom is 0.243 e. The molecule has 2 fully saturated rings. The minimum Gasteiger partial charge on any atom is -0.326 e. The smallest absolute Gasteiger partial charge is 0.243 e. The number of sulfonamides is 1. The van der Waals surface area contributed by atoms with E-state index in [-0.39, 0.29) is 11.8 Å². The van der Waals surface area contributed by atoms with Gasteiger partial charge in [-0.25, -0.2) is 8.42 Å². The van der Waals surface area contributed by atoms with Gasteiger partial charge in [-0.2, -0.15) is 4.31 Å². The highest BCUT2D eigenvalue weighted by Crippen LogP contribution is 2.29. The van der Waals surface area contributed by atoms with Crippen molar-refractivity contribution in [3.8, 4) is 0 Å². The number of carbonyl (C=O) groups is 1. The van der Waals surface area contributed by atoms with Gasteiger partial charge in [0.1, 0.15) is 0 Å². The fraction of sp³-hybridized carbons (Fsp3) is 0.519. The second kappa shape index (κ2) is 10.6. The molecular weight excluding hydrogens is 446 g/mol. The summed E-state index contributed by atoms with van der Waals surface area (Å²) >= 11 is 0. The molecule has 4 rings (SSSR count). The third-order valence-corrected chi connectivity index (χ3v) is 9.37. The van der Waals surface area contributed by atoms with Crippen LogP contribution in [0.1, 0.15) is 47.9 Å². The molecule has 0 unspecified atom stereocenters. The fourth-order valence-corrected chi connectivity index (χ4v) is 7.23. The first-order valence-electron chi connectivity index (χ1n) is 12.4.